The lowest BCUT2D eigenvalue weighted by Gasteiger charge is -2.09. The molecule has 0 fully saturated rings. The molecule has 0 aliphatic rings. The number of nitrogens with zero attached hydrogens (tertiary/aromatic N) is 2. The topological polar surface area (TPSA) is 68.0 Å². The number of rotatable bonds is 5. The quantitative estimate of drug-likeness (QED) is 0.507. The third-order valence-electron chi connectivity index (χ3n) is 4.20. The third kappa shape index (κ3) is 3.94. The Morgan fingerprint density at radius 1 is 0.929 bits per heavy atom. The van der Waals surface area contributed by atoms with Crippen LogP contribution in [0.4, 0.5) is 5.69 Å². The second-order valence-corrected chi connectivity index (χ2v) is 6.56. The molecule has 1 heterocycles. The van der Waals surface area contributed by atoms with Gasteiger partial charge < -0.3 is 9.84 Å². The number of hydrogen-bond donors (Lipinski definition) is 1. The minimum absolute atomic E-state index is 0.304. The van der Waals surface area contributed by atoms with E-state index in [-0.39, 0.29) is 5.91 Å². The van der Waals surface area contributed by atoms with E-state index in [0.29, 0.717) is 40.0 Å². The van der Waals surface area contributed by atoms with Gasteiger partial charge in [0.1, 0.15) is 0 Å². The number of para-hydroxylation sites is 1. The van der Waals surface area contributed by atoms with Gasteiger partial charge in [-0.3, -0.25) is 4.79 Å². The second kappa shape index (κ2) is 8.06. The maximum absolute atomic E-state index is 12.6. The molecule has 0 bridgehead atoms. The molecule has 3 aromatic carbocycles. The molecule has 28 heavy (non-hydrogen) atoms. The lowest BCUT2D eigenvalue weighted by molar-refractivity contribution is 0.102. The molecule has 6 heteroatoms. The molecule has 0 radical (unpaired) electrons. The summed E-state index contributed by atoms with van der Waals surface area (Å²) in [6, 6.07) is 24.1. The molecule has 0 aliphatic heterocycles. The summed E-state index contributed by atoms with van der Waals surface area (Å²) in [4.78, 5) is 17.1. The molecular weight excluding hydrogens is 374 g/mol. The molecule has 0 atom stereocenters. The Labute approximate surface area is 167 Å². The average molecular weight is 390 g/mol. The Balaban J connectivity index is 1.58. The first kappa shape index (κ1) is 17.9. The van der Waals surface area contributed by atoms with Crippen molar-refractivity contribution in [2.24, 2.45) is 0 Å². The van der Waals surface area contributed by atoms with Gasteiger partial charge >= 0.3 is 0 Å². The molecule has 1 amide bonds. The number of halogens is 1. The van der Waals surface area contributed by atoms with Crippen molar-refractivity contribution in [3.63, 3.8) is 0 Å². The van der Waals surface area contributed by atoms with Crippen molar-refractivity contribution in [1.29, 1.82) is 0 Å². The molecule has 0 saturated carbocycles. The second-order valence-electron chi connectivity index (χ2n) is 6.16. The first-order valence-electron chi connectivity index (χ1n) is 8.72. The summed E-state index contributed by atoms with van der Waals surface area (Å²) < 4.78 is 5.44. The highest BCUT2D eigenvalue weighted by atomic mass is 35.5. The van der Waals surface area contributed by atoms with E-state index >= 15 is 0 Å². The van der Waals surface area contributed by atoms with Gasteiger partial charge in [0.2, 0.25) is 0 Å². The first-order chi connectivity index (χ1) is 13.7. The molecule has 0 aliphatic carbocycles. The molecule has 1 N–H and O–H groups in total. The molecule has 5 nitrogen and oxygen atoms in total. The van der Waals surface area contributed by atoms with E-state index in [0.717, 1.165) is 5.56 Å². The van der Waals surface area contributed by atoms with Crippen LogP contribution in [0.1, 0.15) is 21.7 Å². The van der Waals surface area contributed by atoms with Gasteiger partial charge in [-0.1, -0.05) is 71.4 Å². The fourth-order valence-corrected chi connectivity index (χ4v) is 3.05. The van der Waals surface area contributed by atoms with Gasteiger partial charge in [0.05, 0.1) is 21.8 Å². The summed E-state index contributed by atoms with van der Waals surface area (Å²) in [5.74, 6) is 0.622. The van der Waals surface area contributed by atoms with Crippen LogP contribution in [0.2, 0.25) is 5.02 Å². The van der Waals surface area contributed by atoms with Gasteiger partial charge in [-0.05, 0) is 29.8 Å². The van der Waals surface area contributed by atoms with Crippen LogP contribution in [-0.4, -0.2) is 16.0 Å². The van der Waals surface area contributed by atoms with Gasteiger partial charge in [-0.2, -0.15) is 4.98 Å². The normalized spacial score (nSPS) is 10.6. The van der Waals surface area contributed by atoms with Crippen molar-refractivity contribution in [2.45, 2.75) is 6.42 Å². The smallest absolute Gasteiger partial charge is 0.260 e. The van der Waals surface area contributed by atoms with E-state index in [1.165, 1.54) is 0 Å². The highest BCUT2D eigenvalue weighted by Crippen LogP contribution is 2.28. The van der Waals surface area contributed by atoms with E-state index in [1.807, 2.05) is 48.5 Å². The molecule has 0 spiro atoms. The van der Waals surface area contributed by atoms with E-state index in [9.17, 15) is 4.79 Å². The van der Waals surface area contributed by atoms with Crippen molar-refractivity contribution in [3.05, 3.63) is 101 Å². The van der Waals surface area contributed by atoms with Gasteiger partial charge in [-0.25, -0.2) is 0 Å². The van der Waals surface area contributed by atoms with Crippen molar-refractivity contribution >= 4 is 23.2 Å². The monoisotopic (exact) mass is 389 g/mol. The van der Waals surface area contributed by atoms with Crippen LogP contribution in [0.25, 0.3) is 11.5 Å². The van der Waals surface area contributed by atoms with Crippen LogP contribution in [-0.2, 0) is 6.42 Å². The number of anilines is 1. The number of aromatic nitrogens is 2. The molecule has 0 saturated heterocycles. The highest BCUT2D eigenvalue weighted by molar-refractivity contribution is 6.34. The van der Waals surface area contributed by atoms with Crippen LogP contribution in [0.5, 0.6) is 0 Å². The minimum atomic E-state index is -0.304. The van der Waals surface area contributed by atoms with Crippen molar-refractivity contribution in [2.75, 3.05) is 5.32 Å². The summed E-state index contributed by atoms with van der Waals surface area (Å²) in [6.07, 6.45) is 0.568. The number of amides is 1. The highest BCUT2D eigenvalue weighted by Gasteiger charge is 2.16. The molecule has 4 rings (SSSR count). The fourth-order valence-electron chi connectivity index (χ4n) is 2.83. The van der Waals surface area contributed by atoms with E-state index in [1.54, 1.807) is 30.3 Å². The average Bonchev–Trinajstić information content (AvgIpc) is 3.17. The zero-order chi connectivity index (χ0) is 19.3. The Morgan fingerprint density at radius 2 is 1.64 bits per heavy atom. The minimum Gasteiger partial charge on any atom is -0.334 e. The van der Waals surface area contributed by atoms with Crippen LogP contribution < -0.4 is 5.32 Å². The van der Waals surface area contributed by atoms with E-state index in [4.69, 9.17) is 16.1 Å². The Hall–Kier alpha value is -3.44. The maximum Gasteiger partial charge on any atom is 0.260 e. The largest absolute Gasteiger partial charge is 0.334 e. The lowest BCUT2D eigenvalue weighted by atomic mass is 10.1. The predicted molar refractivity (Wildman–Crippen MR) is 108 cm³/mol. The van der Waals surface area contributed by atoms with Gasteiger partial charge in [0.15, 0.2) is 5.82 Å². The van der Waals surface area contributed by atoms with Gasteiger partial charge in [-0.15, -0.1) is 0 Å². The van der Waals surface area contributed by atoms with Gasteiger partial charge in [0.25, 0.3) is 11.8 Å². The maximum atomic E-state index is 12.6. The Bertz CT molecular complexity index is 1110. The summed E-state index contributed by atoms with van der Waals surface area (Å²) in [7, 11) is 0. The molecule has 4 aromatic rings. The predicted octanol–water partition coefficient (Wildman–Crippen LogP) is 5.23. The standard InChI is InChI=1S/C22H16ClN3O2/c23-18-12-6-4-10-16(18)21(27)24-19-13-7-5-11-17(19)22-25-20(26-28-22)14-15-8-2-1-3-9-15/h1-13H,14H2,(H,24,27). The van der Waals surface area contributed by atoms with Gasteiger partial charge in [0, 0.05) is 6.42 Å². The van der Waals surface area contributed by atoms with Crippen molar-refractivity contribution < 1.29 is 9.32 Å². The van der Waals surface area contributed by atoms with Crippen molar-refractivity contribution in [3.8, 4) is 11.5 Å². The number of hydrogen-bond acceptors (Lipinski definition) is 4. The SMILES string of the molecule is O=C(Nc1ccccc1-c1nc(Cc2ccccc2)no1)c1ccccc1Cl. The number of carbonyl (C=O) groups is 1. The Kier molecular flexibility index (Phi) is 5.17. The fraction of sp³-hybridized carbons (Fsp3) is 0.0455. The van der Waals surface area contributed by atoms with Crippen LogP contribution in [0, 0.1) is 0 Å². The zero-order valence-corrected chi connectivity index (χ0v) is 15.6. The molecule has 0 unspecified atom stereocenters. The molecule has 1 aromatic heterocycles. The summed E-state index contributed by atoms with van der Waals surface area (Å²) in [6.45, 7) is 0. The molecular formula is C22H16ClN3O2. The number of carbonyl (C=O) groups excluding carboxylic acids is 1. The Morgan fingerprint density at radius 3 is 2.46 bits per heavy atom. The number of benzene rings is 3. The van der Waals surface area contributed by atoms with Crippen molar-refractivity contribution in [1.82, 2.24) is 10.1 Å². The first-order valence-corrected chi connectivity index (χ1v) is 9.10. The van der Waals surface area contributed by atoms with Crippen LogP contribution in [0.3, 0.4) is 0 Å². The zero-order valence-electron chi connectivity index (χ0n) is 14.8. The lowest BCUT2D eigenvalue weighted by Crippen LogP contribution is -2.13. The van der Waals surface area contributed by atoms with E-state index < -0.39 is 0 Å². The number of nitrogens with one attached hydrogen (secondary N) is 1. The third-order valence-corrected chi connectivity index (χ3v) is 4.53. The summed E-state index contributed by atoms with van der Waals surface area (Å²) in [5, 5.41) is 7.32. The summed E-state index contributed by atoms with van der Waals surface area (Å²) >= 11 is 6.12. The van der Waals surface area contributed by atoms with Crippen LogP contribution in [0.15, 0.2) is 83.4 Å². The van der Waals surface area contributed by atoms with E-state index in [2.05, 4.69) is 15.5 Å². The summed E-state index contributed by atoms with van der Waals surface area (Å²) in [5.41, 5.74) is 2.71. The molecule has 138 valence electrons. The van der Waals surface area contributed by atoms with Crippen LogP contribution >= 0.6 is 11.6 Å².